The number of halogens is 3. The number of carbonyl (C=O) groups excluding carboxylic acids is 1. The molecule has 0 saturated carbocycles. The SMILES string of the molecule is CCCNC(=O)c1cc2n(n1)C(C(F)(F)F)CC(c1cccs1)N2. The molecule has 24 heavy (non-hydrogen) atoms. The fourth-order valence-corrected chi connectivity index (χ4v) is 3.48. The smallest absolute Gasteiger partial charge is 0.363 e. The number of rotatable bonds is 4. The van der Waals surface area contributed by atoms with E-state index in [2.05, 4.69) is 15.7 Å². The van der Waals surface area contributed by atoms with E-state index in [0.717, 1.165) is 16.0 Å². The average molecular weight is 358 g/mol. The molecule has 0 fully saturated rings. The molecule has 0 bridgehead atoms. The maximum Gasteiger partial charge on any atom is 0.410 e. The molecule has 0 saturated heterocycles. The second-order valence-electron chi connectivity index (χ2n) is 5.62. The van der Waals surface area contributed by atoms with Crippen LogP contribution in [0, 0.1) is 0 Å². The molecule has 5 nitrogen and oxygen atoms in total. The van der Waals surface area contributed by atoms with Crippen LogP contribution in [-0.2, 0) is 0 Å². The summed E-state index contributed by atoms with van der Waals surface area (Å²) in [6.45, 7) is 2.35. The number of nitrogens with one attached hydrogen (secondary N) is 2. The van der Waals surface area contributed by atoms with Crippen LogP contribution in [0.2, 0.25) is 0 Å². The Morgan fingerprint density at radius 3 is 2.96 bits per heavy atom. The molecule has 0 radical (unpaired) electrons. The maximum atomic E-state index is 13.5. The molecule has 1 aliphatic heterocycles. The minimum Gasteiger partial charge on any atom is -0.363 e. The van der Waals surface area contributed by atoms with Crippen molar-refractivity contribution in [2.75, 3.05) is 11.9 Å². The summed E-state index contributed by atoms with van der Waals surface area (Å²) in [5.41, 5.74) is -0.00738. The van der Waals surface area contributed by atoms with Crippen molar-refractivity contribution in [1.29, 1.82) is 0 Å². The molecule has 0 aliphatic carbocycles. The highest BCUT2D eigenvalue weighted by atomic mass is 32.1. The molecule has 2 atom stereocenters. The predicted molar refractivity (Wildman–Crippen MR) is 85.2 cm³/mol. The van der Waals surface area contributed by atoms with Crippen molar-refractivity contribution in [1.82, 2.24) is 15.1 Å². The Morgan fingerprint density at radius 2 is 2.33 bits per heavy atom. The standard InChI is InChI=1S/C15H17F3N4OS/c1-2-5-19-14(23)10-8-13-20-9(11-4-3-6-24-11)7-12(15(16,17)18)22(13)21-10/h3-4,6,8-9,12,20H,2,5,7H2,1H3,(H,19,23). The van der Waals surface area contributed by atoms with E-state index in [9.17, 15) is 18.0 Å². The predicted octanol–water partition coefficient (Wildman–Crippen LogP) is 3.74. The van der Waals surface area contributed by atoms with Crippen LogP contribution in [-0.4, -0.2) is 28.4 Å². The van der Waals surface area contributed by atoms with E-state index in [1.165, 1.54) is 17.4 Å². The third-order valence-corrected chi connectivity index (χ3v) is 4.83. The summed E-state index contributed by atoms with van der Waals surface area (Å²) in [6, 6.07) is 2.78. The van der Waals surface area contributed by atoms with Crippen LogP contribution >= 0.6 is 11.3 Å². The second-order valence-corrected chi connectivity index (χ2v) is 6.60. The lowest BCUT2D eigenvalue weighted by molar-refractivity contribution is -0.173. The van der Waals surface area contributed by atoms with Gasteiger partial charge in [0.05, 0.1) is 6.04 Å². The normalized spacial score (nSPS) is 20.3. The van der Waals surface area contributed by atoms with Gasteiger partial charge in [-0.3, -0.25) is 4.79 Å². The number of amides is 1. The number of aromatic nitrogens is 2. The lowest BCUT2D eigenvalue weighted by Crippen LogP contribution is -2.35. The van der Waals surface area contributed by atoms with Crippen molar-refractivity contribution in [3.8, 4) is 0 Å². The van der Waals surface area contributed by atoms with Gasteiger partial charge in [0.2, 0.25) is 0 Å². The summed E-state index contributed by atoms with van der Waals surface area (Å²) in [7, 11) is 0. The van der Waals surface area contributed by atoms with E-state index in [1.54, 1.807) is 12.1 Å². The largest absolute Gasteiger partial charge is 0.410 e. The Kier molecular flexibility index (Phi) is 4.53. The van der Waals surface area contributed by atoms with Gasteiger partial charge in [0.1, 0.15) is 5.82 Å². The van der Waals surface area contributed by atoms with Crippen LogP contribution in [0.3, 0.4) is 0 Å². The second kappa shape index (κ2) is 6.46. The molecule has 0 aromatic carbocycles. The third kappa shape index (κ3) is 3.26. The summed E-state index contributed by atoms with van der Waals surface area (Å²) < 4.78 is 41.3. The summed E-state index contributed by atoms with van der Waals surface area (Å²) in [5.74, 6) is -0.252. The zero-order valence-corrected chi connectivity index (χ0v) is 13.7. The first kappa shape index (κ1) is 16.8. The van der Waals surface area contributed by atoms with Crippen molar-refractivity contribution in [2.24, 2.45) is 0 Å². The van der Waals surface area contributed by atoms with Crippen LogP contribution in [0.15, 0.2) is 23.6 Å². The first-order valence-electron chi connectivity index (χ1n) is 7.64. The fraction of sp³-hybridized carbons (Fsp3) is 0.467. The molecular weight excluding hydrogens is 341 g/mol. The molecular formula is C15H17F3N4OS. The number of carbonyl (C=O) groups is 1. The number of hydrogen-bond donors (Lipinski definition) is 2. The van der Waals surface area contributed by atoms with Gasteiger partial charge in [-0.25, -0.2) is 4.68 Å². The number of alkyl halides is 3. The lowest BCUT2D eigenvalue weighted by Gasteiger charge is -2.32. The Hall–Kier alpha value is -2.03. The van der Waals surface area contributed by atoms with Gasteiger partial charge in [-0.2, -0.15) is 18.3 Å². The third-order valence-electron chi connectivity index (χ3n) is 3.84. The van der Waals surface area contributed by atoms with Gasteiger partial charge < -0.3 is 10.6 Å². The van der Waals surface area contributed by atoms with Crippen molar-refractivity contribution >= 4 is 23.1 Å². The fourth-order valence-electron chi connectivity index (χ4n) is 2.69. The molecule has 1 amide bonds. The van der Waals surface area contributed by atoms with Gasteiger partial charge in [-0.15, -0.1) is 11.3 Å². The number of hydrogen-bond acceptors (Lipinski definition) is 4. The molecule has 2 aromatic heterocycles. The molecule has 130 valence electrons. The quantitative estimate of drug-likeness (QED) is 0.875. The van der Waals surface area contributed by atoms with Crippen LogP contribution in [0.1, 0.15) is 47.2 Å². The van der Waals surface area contributed by atoms with E-state index >= 15 is 0 Å². The molecule has 3 heterocycles. The Morgan fingerprint density at radius 1 is 1.54 bits per heavy atom. The van der Waals surface area contributed by atoms with Gasteiger partial charge in [0.25, 0.3) is 5.91 Å². The van der Waals surface area contributed by atoms with Crippen molar-refractivity contribution in [3.63, 3.8) is 0 Å². The maximum absolute atomic E-state index is 13.5. The molecule has 3 rings (SSSR count). The first-order chi connectivity index (χ1) is 11.4. The van der Waals surface area contributed by atoms with E-state index in [-0.39, 0.29) is 17.9 Å². The van der Waals surface area contributed by atoms with Gasteiger partial charge in [-0.1, -0.05) is 13.0 Å². The monoisotopic (exact) mass is 358 g/mol. The molecule has 2 N–H and O–H groups in total. The Labute approximate surface area is 140 Å². The zero-order chi connectivity index (χ0) is 17.3. The van der Waals surface area contributed by atoms with Crippen molar-refractivity contribution < 1.29 is 18.0 Å². The van der Waals surface area contributed by atoms with Crippen LogP contribution in [0.5, 0.6) is 0 Å². The minimum atomic E-state index is -4.43. The van der Waals surface area contributed by atoms with Gasteiger partial charge in [0.15, 0.2) is 11.7 Å². The summed E-state index contributed by atoms with van der Waals surface area (Å²) in [6.07, 6.45) is -3.85. The first-order valence-corrected chi connectivity index (χ1v) is 8.52. The lowest BCUT2D eigenvalue weighted by atomic mass is 10.0. The van der Waals surface area contributed by atoms with E-state index in [0.29, 0.717) is 6.54 Å². The Balaban J connectivity index is 1.93. The average Bonchev–Trinajstić information content (AvgIpc) is 3.19. The number of thiophene rings is 1. The Bertz CT molecular complexity index is 711. The highest BCUT2D eigenvalue weighted by Crippen LogP contribution is 2.44. The van der Waals surface area contributed by atoms with Gasteiger partial charge in [-0.05, 0) is 17.9 Å². The highest BCUT2D eigenvalue weighted by molar-refractivity contribution is 7.10. The van der Waals surface area contributed by atoms with Crippen molar-refractivity contribution in [3.05, 3.63) is 34.2 Å². The van der Waals surface area contributed by atoms with Crippen LogP contribution in [0.25, 0.3) is 0 Å². The van der Waals surface area contributed by atoms with Gasteiger partial charge >= 0.3 is 6.18 Å². The zero-order valence-electron chi connectivity index (χ0n) is 12.9. The van der Waals surface area contributed by atoms with E-state index in [4.69, 9.17) is 0 Å². The summed E-state index contributed by atoms with van der Waals surface area (Å²) >= 11 is 1.40. The van der Waals surface area contributed by atoms with Gasteiger partial charge in [0, 0.05) is 23.9 Å². The van der Waals surface area contributed by atoms with Crippen LogP contribution < -0.4 is 10.6 Å². The molecule has 9 heteroatoms. The van der Waals surface area contributed by atoms with Crippen LogP contribution in [0.4, 0.5) is 19.0 Å². The summed E-state index contributed by atoms with van der Waals surface area (Å²) in [5, 5.41) is 11.4. The molecule has 0 spiro atoms. The topological polar surface area (TPSA) is 59.0 Å². The molecule has 1 aliphatic rings. The molecule has 2 aromatic rings. The number of anilines is 1. The molecule has 2 unspecified atom stereocenters. The summed E-state index contributed by atoms with van der Waals surface area (Å²) in [4.78, 5) is 12.8. The van der Waals surface area contributed by atoms with E-state index in [1.807, 2.05) is 12.3 Å². The number of fused-ring (bicyclic) bond motifs is 1. The van der Waals surface area contributed by atoms with Crippen molar-refractivity contribution in [2.45, 2.75) is 38.0 Å². The number of nitrogens with zero attached hydrogens (tertiary/aromatic N) is 2. The van der Waals surface area contributed by atoms with E-state index < -0.39 is 24.2 Å². The highest BCUT2D eigenvalue weighted by Gasteiger charge is 2.47. The minimum absolute atomic E-state index is 0.00738.